The minimum absolute atomic E-state index is 0.0737. The van der Waals surface area contributed by atoms with Crippen molar-refractivity contribution in [3.05, 3.63) is 54.1 Å². The highest BCUT2D eigenvalue weighted by Gasteiger charge is 2.11. The van der Waals surface area contributed by atoms with Crippen LogP contribution < -0.4 is 0 Å². The fourth-order valence-corrected chi connectivity index (χ4v) is 2.29. The Bertz CT molecular complexity index is 682. The molecule has 0 radical (unpaired) electrons. The average Bonchev–Trinajstić information content (AvgIpc) is 2.28. The molecule has 6 heteroatoms. The lowest BCUT2D eigenvalue weighted by atomic mass is 10.1. The maximum atomic E-state index is 13.5. The summed E-state index contributed by atoms with van der Waals surface area (Å²) in [5.41, 5.74) is 0.631. The first kappa shape index (κ1) is 13.0. The van der Waals surface area contributed by atoms with Gasteiger partial charge in [-0.05, 0) is 29.8 Å². The second-order valence-electron chi connectivity index (χ2n) is 3.59. The largest absolute Gasteiger partial charge is 0.261 e. The van der Waals surface area contributed by atoms with E-state index in [-0.39, 0.29) is 10.5 Å². The normalized spacial score (nSPS) is 11.5. The molecule has 2 rings (SSSR count). The van der Waals surface area contributed by atoms with Crippen LogP contribution in [0.25, 0.3) is 11.1 Å². The molecule has 2 aromatic rings. The van der Waals surface area contributed by atoms with Gasteiger partial charge in [-0.3, -0.25) is 0 Å². The number of hydrogen-bond donors (Lipinski definition) is 0. The van der Waals surface area contributed by atoms with E-state index in [0.717, 1.165) is 12.1 Å². The lowest BCUT2D eigenvalue weighted by molar-refractivity contribution is 0.585. The van der Waals surface area contributed by atoms with Crippen molar-refractivity contribution in [3.8, 4) is 11.1 Å². The number of halogens is 3. The molecule has 0 fully saturated rings. The predicted molar refractivity (Wildman–Crippen MR) is 64.8 cm³/mol. The molecule has 0 atom stereocenters. The third-order valence-corrected chi connectivity index (χ3v) is 3.75. The van der Waals surface area contributed by atoms with E-state index in [4.69, 9.17) is 10.7 Å². The van der Waals surface area contributed by atoms with Gasteiger partial charge in [-0.1, -0.05) is 12.1 Å². The molecule has 0 N–H and O–H groups in total. The van der Waals surface area contributed by atoms with Crippen molar-refractivity contribution in [3.63, 3.8) is 0 Å². The van der Waals surface area contributed by atoms with Crippen LogP contribution in [0.2, 0.25) is 0 Å². The number of rotatable bonds is 2. The van der Waals surface area contributed by atoms with E-state index < -0.39 is 20.7 Å². The molecule has 0 saturated heterocycles. The van der Waals surface area contributed by atoms with Crippen LogP contribution in [0.3, 0.4) is 0 Å². The van der Waals surface area contributed by atoms with E-state index in [1.165, 1.54) is 30.3 Å². The van der Waals surface area contributed by atoms with Gasteiger partial charge in [0, 0.05) is 22.3 Å². The van der Waals surface area contributed by atoms with Crippen molar-refractivity contribution in [1.29, 1.82) is 0 Å². The highest BCUT2D eigenvalue weighted by Crippen LogP contribution is 2.25. The molecule has 2 nitrogen and oxygen atoms in total. The Labute approximate surface area is 107 Å². The lowest BCUT2D eigenvalue weighted by Crippen LogP contribution is -1.91. The maximum Gasteiger partial charge on any atom is 0.261 e. The highest BCUT2D eigenvalue weighted by molar-refractivity contribution is 8.13. The molecule has 0 amide bonds. The van der Waals surface area contributed by atoms with Gasteiger partial charge in [0.25, 0.3) is 9.05 Å². The highest BCUT2D eigenvalue weighted by atomic mass is 35.7. The van der Waals surface area contributed by atoms with Crippen molar-refractivity contribution in [2.45, 2.75) is 4.90 Å². The Morgan fingerprint density at radius 3 is 2.06 bits per heavy atom. The van der Waals surface area contributed by atoms with Gasteiger partial charge >= 0.3 is 0 Å². The van der Waals surface area contributed by atoms with E-state index >= 15 is 0 Å². The molecule has 18 heavy (non-hydrogen) atoms. The summed E-state index contributed by atoms with van der Waals surface area (Å²) in [7, 11) is 1.36. The third kappa shape index (κ3) is 2.68. The van der Waals surface area contributed by atoms with Crippen molar-refractivity contribution in [2.75, 3.05) is 0 Å². The van der Waals surface area contributed by atoms with Crippen LogP contribution in [0.5, 0.6) is 0 Å². The first-order chi connectivity index (χ1) is 8.38. The molecular formula is C12H7ClF2O2S. The van der Waals surface area contributed by atoms with Gasteiger partial charge in [0.2, 0.25) is 0 Å². The maximum absolute atomic E-state index is 13.5. The lowest BCUT2D eigenvalue weighted by Gasteiger charge is -2.04. The van der Waals surface area contributed by atoms with Gasteiger partial charge in [0.1, 0.15) is 11.6 Å². The predicted octanol–water partition coefficient (Wildman–Crippen LogP) is 3.56. The molecule has 0 bridgehead atoms. The molecule has 0 aromatic heterocycles. The first-order valence-corrected chi connectivity index (χ1v) is 7.19. The minimum Gasteiger partial charge on any atom is -0.207 e. The zero-order chi connectivity index (χ0) is 13.3. The molecule has 0 saturated carbocycles. The monoisotopic (exact) mass is 288 g/mol. The Hall–Kier alpha value is -1.46. The van der Waals surface area contributed by atoms with Crippen LogP contribution in [0.15, 0.2) is 47.4 Å². The smallest absolute Gasteiger partial charge is 0.207 e. The van der Waals surface area contributed by atoms with Gasteiger partial charge in [0.15, 0.2) is 0 Å². The van der Waals surface area contributed by atoms with Crippen LogP contribution in [0.1, 0.15) is 0 Å². The summed E-state index contributed by atoms with van der Waals surface area (Å²) in [5.74, 6) is -1.38. The van der Waals surface area contributed by atoms with Gasteiger partial charge < -0.3 is 0 Å². The van der Waals surface area contributed by atoms with Gasteiger partial charge in [0.05, 0.1) is 4.90 Å². The molecule has 0 unspecified atom stereocenters. The fourth-order valence-electron chi connectivity index (χ4n) is 1.52. The molecule has 94 valence electrons. The van der Waals surface area contributed by atoms with Gasteiger partial charge in [-0.15, -0.1) is 0 Å². The summed E-state index contributed by atoms with van der Waals surface area (Å²) in [6, 6.07) is 8.53. The van der Waals surface area contributed by atoms with Crippen LogP contribution in [0, 0.1) is 11.6 Å². The average molecular weight is 289 g/mol. The Balaban J connectivity index is 2.47. The van der Waals surface area contributed by atoms with Crippen LogP contribution in [-0.4, -0.2) is 8.42 Å². The minimum atomic E-state index is -3.80. The molecule has 0 heterocycles. The molecule has 0 spiro atoms. The second kappa shape index (κ2) is 4.66. The summed E-state index contributed by atoms with van der Waals surface area (Å²) in [6.45, 7) is 0. The van der Waals surface area contributed by atoms with E-state index in [2.05, 4.69) is 0 Å². The van der Waals surface area contributed by atoms with Crippen molar-refractivity contribution >= 4 is 19.7 Å². The van der Waals surface area contributed by atoms with Crippen molar-refractivity contribution in [1.82, 2.24) is 0 Å². The van der Waals surface area contributed by atoms with Gasteiger partial charge in [-0.2, -0.15) is 0 Å². The molecule has 0 aliphatic heterocycles. The first-order valence-electron chi connectivity index (χ1n) is 4.88. The van der Waals surface area contributed by atoms with Crippen LogP contribution in [0.4, 0.5) is 8.78 Å². The van der Waals surface area contributed by atoms with Gasteiger partial charge in [-0.25, -0.2) is 17.2 Å². The summed E-state index contributed by atoms with van der Waals surface area (Å²) >= 11 is 0. The summed E-state index contributed by atoms with van der Waals surface area (Å²) in [5, 5.41) is 0. The standard InChI is InChI=1S/C12H7ClF2O2S/c13-18(16,17)10-4-1-8(2-5-10)11-6-3-9(14)7-12(11)15/h1-7H. The van der Waals surface area contributed by atoms with E-state index in [1.807, 2.05) is 0 Å². The van der Waals surface area contributed by atoms with E-state index in [0.29, 0.717) is 5.56 Å². The fraction of sp³-hybridized carbons (Fsp3) is 0. The zero-order valence-corrected chi connectivity index (χ0v) is 10.5. The topological polar surface area (TPSA) is 34.1 Å². The molecular weight excluding hydrogens is 282 g/mol. The molecule has 0 aliphatic carbocycles. The van der Waals surface area contributed by atoms with E-state index in [1.54, 1.807) is 0 Å². The number of benzene rings is 2. The van der Waals surface area contributed by atoms with Crippen LogP contribution >= 0.6 is 10.7 Å². The van der Waals surface area contributed by atoms with Crippen molar-refractivity contribution < 1.29 is 17.2 Å². The molecule has 0 aliphatic rings. The number of hydrogen-bond acceptors (Lipinski definition) is 2. The quantitative estimate of drug-likeness (QED) is 0.792. The zero-order valence-electron chi connectivity index (χ0n) is 8.90. The van der Waals surface area contributed by atoms with Crippen molar-refractivity contribution in [2.24, 2.45) is 0 Å². The second-order valence-corrected chi connectivity index (χ2v) is 6.15. The Morgan fingerprint density at radius 1 is 0.944 bits per heavy atom. The summed E-state index contributed by atoms with van der Waals surface area (Å²) < 4.78 is 48.3. The summed E-state index contributed by atoms with van der Waals surface area (Å²) in [4.78, 5) is -0.0737. The Morgan fingerprint density at radius 2 is 1.56 bits per heavy atom. The molecule has 2 aromatic carbocycles. The SMILES string of the molecule is O=S(=O)(Cl)c1ccc(-c2ccc(F)cc2F)cc1. The van der Waals surface area contributed by atoms with E-state index in [9.17, 15) is 17.2 Å². The third-order valence-electron chi connectivity index (χ3n) is 2.38. The summed E-state index contributed by atoms with van der Waals surface area (Å²) in [6.07, 6.45) is 0. The Kier molecular flexibility index (Phi) is 3.36. The van der Waals surface area contributed by atoms with Crippen LogP contribution in [-0.2, 0) is 9.05 Å².